The molecular weight excluding hydrogens is 422 g/mol. The number of aromatic nitrogens is 4. The van der Waals surface area contributed by atoms with Crippen molar-refractivity contribution in [3.05, 3.63) is 60.3 Å². The third kappa shape index (κ3) is 4.35. The van der Waals surface area contributed by atoms with Gasteiger partial charge in [-0.3, -0.25) is 4.57 Å². The highest BCUT2D eigenvalue weighted by atomic mass is 32.2. The van der Waals surface area contributed by atoms with Gasteiger partial charge < -0.3 is 14.5 Å². The lowest BCUT2D eigenvalue weighted by Gasteiger charge is -2.14. The second-order valence-corrected chi connectivity index (χ2v) is 8.70. The summed E-state index contributed by atoms with van der Waals surface area (Å²) >= 11 is 1.62. The molecule has 0 bridgehead atoms. The Morgan fingerprint density at radius 2 is 2.16 bits per heavy atom. The van der Waals surface area contributed by atoms with Crippen LogP contribution in [0.4, 0.5) is 0 Å². The highest BCUT2D eigenvalue weighted by Crippen LogP contribution is 2.31. The predicted molar refractivity (Wildman–Crippen MR) is 124 cm³/mol. The molecule has 4 aromatic rings. The third-order valence-corrected chi connectivity index (χ3v) is 6.43. The molecule has 2 aromatic carbocycles. The molecule has 5 rings (SSSR count). The molecule has 1 saturated heterocycles. The molecule has 2 aromatic heterocycles. The molecule has 3 heterocycles. The fourth-order valence-electron chi connectivity index (χ4n) is 3.96. The van der Waals surface area contributed by atoms with Crippen LogP contribution in [0.3, 0.4) is 0 Å². The highest BCUT2D eigenvalue weighted by molar-refractivity contribution is 7.99. The van der Waals surface area contributed by atoms with Gasteiger partial charge in [0.15, 0.2) is 11.0 Å². The number of ether oxygens (including phenoxy) is 2. The Balaban J connectivity index is 1.34. The summed E-state index contributed by atoms with van der Waals surface area (Å²) in [5.41, 5.74) is 2.72. The minimum atomic E-state index is 0.180. The normalized spacial score (nSPS) is 15.8. The molecule has 0 spiro atoms. The standard InChI is InChI=1S/C24H23N5O2S/c25-14-17-5-3-6-18(13-17)31-11-12-32-24-28-27-23(29(24)16-19-7-4-10-30-19)21-15-26-22-9-2-1-8-20(21)22/h1-3,5-6,8-9,13,15,19,26H,4,7,10-12,16H2. The van der Waals surface area contributed by atoms with Crippen LogP contribution in [-0.4, -0.2) is 44.8 Å². The van der Waals surface area contributed by atoms with Gasteiger partial charge in [-0.1, -0.05) is 36.0 Å². The largest absolute Gasteiger partial charge is 0.493 e. The second-order valence-electron chi connectivity index (χ2n) is 7.64. The summed E-state index contributed by atoms with van der Waals surface area (Å²) in [6.45, 7) is 2.05. The number of hydrogen-bond donors (Lipinski definition) is 1. The molecule has 0 aliphatic carbocycles. The average Bonchev–Trinajstić information content (AvgIpc) is 3.58. The molecule has 1 fully saturated rings. The first-order chi connectivity index (χ1) is 15.8. The Morgan fingerprint density at radius 3 is 3.03 bits per heavy atom. The zero-order valence-electron chi connectivity index (χ0n) is 17.5. The highest BCUT2D eigenvalue weighted by Gasteiger charge is 2.23. The molecule has 1 aliphatic rings. The summed E-state index contributed by atoms with van der Waals surface area (Å²) in [7, 11) is 0. The van der Waals surface area contributed by atoms with E-state index >= 15 is 0 Å². The lowest BCUT2D eigenvalue weighted by atomic mass is 10.1. The lowest BCUT2D eigenvalue weighted by molar-refractivity contribution is 0.0953. The molecule has 8 heteroatoms. The van der Waals surface area contributed by atoms with Gasteiger partial charge >= 0.3 is 0 Å². The summed E-state index contributed by atoms with van der Waals surface area (Å²) in [5.74, 6) is 2.27. The monoisotopic (exact) mass is 445 g/mol. The van der Waals surface area contributed by atoms with E-state index in [1.807, 2.05) is 30.5 Å². The van der Waals surface area contributed by atoms with Crippen molar-refractivity contribution < 1.29 is 9.47 Å². The molecule has 1 atom stereocenters. The number of nitriles is 1. The number of hydrogen-bond acceptors (Lipinski definition) is 6. The van der Waals surface area contributed by atoms with Crippen LogP contribution in [0, 0.1) is 11.3 Å². The van der Waals surface area contributed by atoms with Crippen molar-refractivity contribution in [2.24, 2.45) is 0 Å². The Labute approximate surface area is 190 Å². The van der Waals surface area contributed by atoms with Gasteiger partial charge in [0, 0.05) is 35.0 Å². The van der Waals surface area contributed by atoms with E-state index in [2.05, 4.69) is 38.0 Å². The fraction of sp³-hybridized carbons (Fsp3) is 0.292. The number of rotatable bonds is 8. The Bertz CT molecular complexity index is 1250. The van der Waals surface area contributed by atoms with Crippen LogP contribution >= 0.6 is 11.8 Å². The van der Waals surface area contributed by atoms with Crippen molar-refractivity contribution >= 4 is 22.7 Å². The van der Waals surface area contributed by atoms with E-state index < -0.39 is 0 Å². The van der Waals surface area contributed by atoms with Crippen molar-refractivity contribution in [3.8, 4) is 23.2 Å². The summed E-state index contributed by atoms with van der Waals surface area (Å²) < 4.78 is 13.9. The summed E-state index contributed by atoms with van der Waals surface area (Å²) in [5, 5.41) is 20.1. The summed E-state index contributed by atoms with van der Waals surface area (Å²) in [6.07, 6.45) is 4.32. The molecule has 32 heavy (non-hydrogen) atoms. The zero-order chi connectivity index (χ0) is 21.8. The number of fused-ring (bicyclic) bond motifs is 1. The maximum atomic E-state index is 9.04. The van der Waals surface area contributed by atoms with E-state index in [9.17, 15) is 0 Å². The van der Waals surface area contributed by atoms with E-state index in [0.717, 1.165) is 53.4 Å². The van der Waals surface area contributed by atoms with Crippen molar-refractivity contribution in [1.29, 1.82) is 5.26 Å². The molecule has 1 N–H and O–H groups in total. The van der Waals surface area contributed by atoms with E-state index in [1.54, 1.807) is 23.9 Å². The van der Waals surface area contributed by atoms with Gasteiger partial charge in [-0.2, -0.15) is 5.26 Å². The number of nitrogens with zero attached hydrogens (tertiary/aromatic N) is 4. The smallest absolute Gasteiger partial charge is 0.191 e. The van der Waals surface area contributed by atoms with Gasteiger partial charge in [-0.05, 0) is 37.1 Å². The van der Waals surface area contributed by atoms with Gasteiger partial charge in [0.2, 0.25) is 0 Å². The number of aromatic amines is 1. The molecule has 162 valence electrons. The first kappa shape index (κ1) is 20.6. The topological polar surface area (TPSA) is 88.8 Å². The average molecular weight is 446 g/mol. The molecular formula is C24H23N5O2S. The van der Waals surface area contributed by atoms with Gasteiger partial charge in [-0.15, -0.1) is 10.2 Å². The molecule has 1 aliphatic heterocycles. The minimum absolute atomic E-state index is 0.180. The third-order valence-electron chi connectivity index (χ3n) is 5.50. The van der Waals surface area contributed by atoms with Crippen LogP contribution in [0.25, 0.3) is 22.3 Å². The van der Waals surface area contributed by atoms with Gasteiger partial charge in [-0.25, -0.2) is 0 Å². The summed E-state index contributed by atoms with van der Waals surface area (Å²) in [6, 6.07) is 17.6. The van der Waals surface area contributed by atoms with Crippen LogP contribution in [0.5, 0.6) is 5.75 Å². The second kappa shape index (κ2) is 9.47. The van der Waals surface area contributed by atoms with Gasteiger partial charge in [0.05, 0.1) is 30.9 Å². The quantitative estimate of drug-likeness (QED) is 0.314. The molecule has 0 radical (unpaired) electrons. The van der Waals surface area contributed by atoms with Crippen molar-refractivity contribution in [3.63, 3.8) is 0 Å². The van der Waals surface area contributed by atoms with Gasteiger partial charge in [0.25, 0.3) is 0 Å². The van der Waals surface area contributed by atoms with E-state index in [-0.39, 0.29) is 6.10 Å². The lowest BCUT2D eigenvalue weighted by Crippen LogP contribution is -2.17. The molecule has 0 amide bonds. The Hall–Kier alpha value is -3.28. The van der Waals surface area contributed by atoms with Crippen molar-refractivity contribution in [2.75, 3.05) is 19.0 Å². The maximum Gasteiger partial charge on any atom is 0.191 e. The predicted octanol–water partition coefficient (Wildman–Crippen LogP) is 4.65. The van der Waals surface area contributed by atoms with Gasteiger partial charge in [0.1, 0.15) is 5.75 Å². The summed E-state index contributed by atoms with van der Waals surface area (Å²) in [4.78, 5) is 3.33. The Kier molecular flexibility index (Phi) is 6.10. The maximum absolute atomic E-state index is 9.04. The van der Waals surface area contributed by atoms with Crippen LogP contribution in [0.2, 0.25) is 0 Å². The minimum Gasteiger partial charge on any atom is -0.493 e. The molecule has 7 nitrogen and oxygen atoms in total. The molecule has 0 saturated carbocycles. The van der Waals surface area contributed by atoms with E-state index in [1.165, 1.54) is 0 Å². The molecule has 1 unspecified atom stereocenters. The van der Waals surface area contributed by atoms with Crippen LogP contribution in [0.15, 0.2) is 59.9 Å². The van der Waals surface area contributed by atoms with Crippen LogP contribution in [-0.2, 0) is 11.3 Å². The van der Waals surface area contributed by atoms with Crippen molar-refractivity contribution in [1.82, 2.24) is 19.7 Å². The van der Waals surface area contributed by atoms with E-state index in [0.29, 0.717) is 23.7 Å². The number of benzene rings is 2. The van der Waals surface area contributed by atoms with Crippen LogP contribution < -0.4 is 4.74 Å². The SMILES string of the molecule is N#Cc1cccc(OCCSc2nnc(-c3c[nH]c4ccccc34)n2CC2CCCO2)c1. The fourth-order valence-corrected chi connectivity index (χ4v) is 4.72. The number of H-pyrrole nitrogens is 1. The zero-order valence-corrected chi connectivity index (χ0v) is 18.3. The number of para-hydroxylation sites is 1. The Morgan fingerprint density at radius 1 is 1.22 bits per heavy atom. The van der Waals surface area contributed by atoms with E-state index in [4.69, 9.17) is 14.7 Å². The first-order valence-electron chi connectivity index (χ1n) is 10.7. The number of nitrogens with one attached hydrogen (secondary N) is 1. The first-order valence-corrected chi connectivity index (χ1v) is 11.7. The number of thioether (sulfide) groups is 1. The van der Waals surface area contributed by atoms with Crippen LogP contribution in [0.1, 0.15) is 18.4 Å². The van der Waals surface area contributed by atoms with Crippen molar-refractivity contribution in [2.45, 2.75) is 30.6 Å².